The van der Waals surface area contributed by atoms with E-state index in [-0.39, 0.29) is 41.4 Å². The molecule has 0 saturated carbocycles. The van der Waals surface area contributed by atoms with Gasteiger partial charge in [-0.1, -0.05) is 11.6 Å². The van der Waals surface area contributed by atoms with Crippen LogP contribution in [0.1, 0.15) is 10.4 Å². The Balaban J connectivity index is 1.70. The van der Waals surface area contributed by atoms with Gasteiger partial charge in [-0.3, -0.25) is 19.7 Å². The van der Waals surface area contributed by atoms with E-state index >= 15 is 0 Å². The first-order valence-electron chi connectivity index (χ1n) is 7.10. The van der Waals surface area contributed by atoms with Gasteiger partial charge in [-0.25, -0.2) is 0 Å². The van der Waals surface area contributed by atoms with Gasteiger partial charge in [-0.05, 0) is 24.3 Å². The topological polar surface area (TPSA) is 108 Å². The Morgan fingerprint density at radius 2 is 2.12 bits per heavy atom. The quantitative estimate of drug-likeness (QED) is 0.497. The monoisotopic (exact) mass is 362 g/mol. The number of amides is 1. The van der Waals surface area contributed by atoms with Gasteiger partial charge in [0.1, 0.15) is 11.5 Å². The first-order chi connectivity index (χ1) is 11.9. The first-order valence-corrected chi connectivity index (χ1v) is 7.48. The van der Waals surface area contributed by atoms with E-state index < -0.39 is 4.92 Å². The summed E-state index contributed by atoms with van der Waals surface area (Å²) < 4.78 is 10.5. The van der Waals surface area contributed by atoms with Crippen LogP contribution < -0.4 is 14.8 Å². The highest BCUT2D eigenvalue weighted by Crippen LogP contribution is 2.30. The normalized spacial score (nSPS) is 12.6. The molecule has 3 rings (SSSR count). The summed E-state index contributed by atoms with van der Waals surface area (Å²) in [6.45, 7) is -0.382. The van der Waals surface area contributed by atoms with Crippen LogP contribution >= 0.6 is 11.6 Å². The van der Waals surface area contributed by atoms with Crippen molar-refractivity contribution in [1.82, 2.24) is 0 Å². The summed E-state index contributed by atoms with van der Waals surface area (Å²) >= 11 is 5.91. The molecule has 0 saturated heterocycles. The lowest BCUT2D eigenvalue weighted by Gasteiger charge is -2.18. The number of benzene rings is 2. The Morgan fingerprint density at radius 3 is 2.84 bits per heavy atom. The molecule has 0 aromatic heterocycles. The predicted molar refractivity (Wildman–Crippen MR) is 88.5 cm³/mol. The minimum atomic E-state index is -0.579. The average molecular weight is 363 g/mol. The number of nitro benzene ring substituents is 1. The molecule has 1 heterocycles. The van der Waals surface area contributed by atoms with Crippen molar-refractivity contribution in [2.24, 2.45) is 0 Å². The third-order valence-electron chi connectivity index (χ3n) is 3.42. The number of Topliss-reactive ketones (excluding diaryl/α,β-unsaturated/α-hetero) is 1. The molecule has 1 amide bonds. The fraction of sp³-hybridized carbons (Fsp3) is 0.125. The van der Waals surface area contributed by atoms with E-state index in [2.05, 4.69) is 5.32 Å². The highest BCUT2D eigenvalue weighted by Gasteiger charge is 2.18. The summed E-state index contributed by atoms with van der Waals surface area (Å²) in [5.41, 5.74) is 0.562. The van der Waals surface area contributed by atoms with Crippen molar-refractivity contribution in [3.05, 3.63) is 57.1 Å². The van der Waals surface area contributed by atoms with Gasteiger partial charge in [0.2, 0.25) is 0 Å². The van der Waals surface area contributed by atoms with Crippen molar-refractivity contribution in [2.75, 3.05) is 18.5 Å². The summed E-state index contributed by atoms with van der Waals surface area (Å²) in [6, 6.07) is 8.34. The lowest BCUT2D eigenvalue weighted by Crippen LogP contribution is -2.25. The molecule has 0 fully saturated rings. The zero-order valence-electron chi connectivity index (χ0n) is 12.7. The number of rotatable bonds is 5. The van der Waals surface area contributed by atoms with Crippen LogP contribution in [0.4, 0.5) is 11.4 Å². The molecule has 0 unspecified atom stereocenters. The molecule has 9 heteroatoms. The molecule has 0 bridgehead atoms. The van der Waals surface area contributed by atoms with Crippen LogP contribution in [0, 0.1) is 10.1 Å². The Morgan fingerprint density at radius 1 is 1.32 bits per heavy atom. The number of fused-ring (bicyclic) bond motifs is 1. The van der Waals surface area contributed by atoms with E-state index in [1.54, 1.807) is 12.1 Å². The van der Waals surface area contributed by atoms with E-state index in [0.29, 0.717) is 17.0 Å². The van der Waals surface area contributed by atoms with Crippen LogP contribution in [0.2, 0.25) is 5.02 Å². The molecule has 0 spiro atoms. The summed E-state index contributed by atoms with van der Waals surface area (Å²) in [5, 5.41) is 13.3. The Hall–Kier alpha value is -3.13. The molecule has 1 aliphatic heterocycles. The van der Waals surface area contributed by atoms with Crippen LogP contribution in [0.3, 0.4) is 0 Å². The molecule has 1 N–H and O–H groups in total. The Kier molecular flexibility index (Phi) is 4.53. The van der Waals surface area contributed by atoms with Crippen molar-refractivity contribution in [1.29, 1.82) is 0 Å². The maximum Gasteiger partial charge on any atom is 0.271 e. The summed E-state index contributed by atoms with van der Waals surface area (Å²) in [5.74, 6) is -0.00579. The average Bonchev–Trinajstić information content (AvgIpc) is 2.59. The Labute approximate surface area is 146 Å². The molecular formula is C16H11ClN2O6. The standard InChI is InChI=1S/C16H11ClN2O6/c17-11-6-10(19(22)23)2-4-14(11)24-7-13(20)9-1-3-15-12(5-9)18-16(21)8-25-15/h1-6H,7-8H2,(H,18,21). The summed E-state index contributed by atoms with van der Waals surface area (Å²) in [6.07, 6.45) is 0. The molecule has 2 aromatic rings. The number of nitrogens with zero attached hydrogens (tertiary/aromatic N) is 1. The van der Waals surface area contributed by atoms with Gasteiger partial charge in [0.25, 0.3) is 11.6 Å². The number of ether oxygens (including phenoxy) is 2. The summed E-state index contributed by atoms with van der Waals surface area (Å²) in [7, 11) is 0. The van der Waals surface area contributed by atoms with Gasteiger partial charge in [-0.2, -0.15) is 0 Å². The van der Waals surface area contributed by atoms with Crippen LogP contribution in [0.25, 0.3) is 0 Å². The summed E-state index contributed by atoms with van der Waals surface area (Å²) in [4.78, 5) is 33.7. The smallest absolute Gasteiger partial charge is 0.271 e. The van der Waals surface area contributed by atoms with Gasteiger partial charge < -0.3 is 14.8 Å². The molecule has 8 nitrogen and oxygen atoms in total. The molecule has 0 radical (unpaired) electrons. The highest BCUT2D eigenvalue weighted by molar-refractivity contribution is 6.32. The van der Waals surface area contributed by atoms with E-state index in [4.69, 9.17) is 21.1 Å². The predicted octanol–water partition coefficient (Wildman–Crippen LogP) is 2.84. The number of carbonyl (C=O) groups excluding carboxylic acids is 2. The van der Waals surface area contributed by atoms with Crippen molar-refractivity contribution in [3.8, 4) is 11.5 Å². The highest BCUT2D eigenvalue weighted by atomic mass is 35.5. The lowest BCUT2D eigenvalue weighted by molar-refractivity contribution is -0.384. The van der Waals surface area contributed by atoms with Gasteiger partial charge in [0.05, 0.1) is 15.6 Å². The van der Waals surface area contributed by atoms with Crippen molar-refractivity contribution >= 4 is 34.7 Å². The second kappa shape index (κ2) is 6.78. The van der Waals surface area contributed by atoms with Crippen molar-refractivity contribution < 1.29 is 24.0 Å². The van der Waals surface area contributed by atoms with Gasteiger partial charge in [-0.15, -0.1) is 0 Å². The molecule has 25 heavy (non-hydrogen) atoms. The van der Waals surface area contributed by atoms with Crippen molar-refractivity contribution in [3.63, 3.8) is 0 Å². The number of anilines is 1. The fourth-order valence-electron chi connectivity index (χ4n) is 2.20. The number of carbonyl (C=O) groups is 2. The maximum atomic E-state index is 12.2. The third-order valence-corrected chi connectivity index (χ3v) is 3.71. The molecular weight excluding hydrogens is 352 g/mol. The van der Waals surface area contributed by atoms with Gasteiger partial charge in [0.15, 0.2) is 19.0 Å². The number of nitrogens with one attached hydrogen (secondary N) is 1. The Bertz CT molecular complexity index is 883. The molecule has 0 atom stereocenters. The minimum absolute atomic E-state index is 0.0353. The number of ketones is 1. The number of hydrogen-bond acceptors (Lipinski definition) is 6. The van der Waals surface area contributed by atoms with Crippen LogP contribution in [0.5, 0.6) is 11.5 Å². The number of non-ortho nitro benzene ring substituents is 1. The second-order valence-corrected chi connectivity index (χ2v) is 5.54. The minimum Gasteiger partial charge on any atom is -0.484 e. The molecule has 2 aromatic carbocycles. The molecule has 128 valence electrons. The van der Waals surface area contributed by atoms with Crippen LogP contribution in [-0.4, -0.2) is 29.8 Å². The van der Waals surface area contributed by atoms with E-state index in [0.717, 1.165) is 6.07 Å². The van der Waals surface area contributed by atoms with E-state index in [1.165, 1.54) is 18.2 Å². The van der Waals surface area contributed by atoms with Gasteiger partial charge in [0, 0.05) is 17.7 Å². The molecule has 0 aliphatic carbocycles. The largest absolute Gasteiger partial charge is 0.484 e. The first kappa shape index (κ1) is 16.7. The number of hydrogen-bond donors (Lipinski definition) is 1. The van der Waals surface area contributed by atoms with Crippen LogP contribution in [-0.2, 0) is 4.79 Å². The zero-order valence-corrected chi connectivity index (χ0v) is 13.4. The third kappa shape index (κ3) is 3.69. The van der Waals surface area contributed by atoms with Crippen molar-refractivity contribution in [2.45, 2.75) is 0 Å². The fourth-order valence-corrected chi connectivity index (χ4v) is 2.43. The SMILES string of the molecule is O=C1COc2ccc(C(=O)COc3ccc([N+](=O)[O-])cc3Cl)cc2N1. The van der Waals surface area contributed by atoms with Gasteiger partial charge >= 0.3 is 0 Å². The maximum absolute atomic E-state index is 12.2. The molecule has 1 aliphatic rings. The number of nitro groups is 1. The lowest BCUT2D eigenvalue weighted by atomic mass is 10.1. The van der Waals surface area contributed by atoms with E-state index in [9.17, 15) is 19.7 Å². The second-order valence-electron chi connectivity index (χ2n) is 5.13. The van der Waals surface area contributed by atoms with E-state index in [1.807, 2.05) is 0 Å². The number of halogens is 1. The zero-order chi connectivity index (χ0) is 18.0. The van der Waals surface area contributed by atoms with Crippen LogP contribution in [0.15, 0.2) is 36.4 Å².